The molecule has 1 fully saturated rings. The lowest BCUT2D eigenvalue weighted by Gasteiger charge is -2.43. The molecule has 5 aromatic rings. The zero-order valence-corrected chi connectivity index (χ0v) is 26.4. The van der Waals surface area contributed by atoms with Crippen molar-refractivity contribution in [3.63, 3.8) is 0 Å². The number of aromatic nitrogens is 3. The first-order valence-electron chi connectivity index (χ1n) is 15.2. The van der Waals surface area contributed by atoms with E-state index < -0.39 is 5.82 Å². The Kier molecular flexibility index (Phi) is 7.00. The Morgan fingerprint density at radius 3 is 2.62 bits per heavy atom. The molecule has 2 aliphatic heterocycles. The average molecular weight is 622 g/mol. The summed E-state index contributed by atoms with van der Waals surface area (Å²) in [5, 5.41) is 2.60. The van der Waals surface area contributed by atoms with E-state index >= 15 is 4.39 Å². The van der Waals surface area contributed by atoms with Gasteiger partial charge in [-0.1, -0.05) is 62.4 Å². The van der Waals surface area contributed by atoms with Crippen molar-refractivity contribution in [2.24, 2.45) is 0 Å². The number of anilines is 1. The first-order chi connectivity index (χ1) is 21.6. The van der Waals surface area contributed by atoms with Gasteiger partial charge < -0.3 is 9.80 Å². The van der Waals surface area contributed by atoms with Gasteiger partial charge >= 0.3 is 0 Å². The molecule has 3 aromatic heterocycles. The molecule has 0 N–H and O–H groups in total. The number of carbonyl (C=O) groups is 1. The second-order valence-electron chi connectivity index (χ2n) is 12.4. The first-order valence-corrected chi connectivity index (χ1v) is 15.6. The summed E-state index contributed by atoms with van der Waals surface area (Å²) in [6, 6.07) is 14.3. The minimum absolute atomic E-state index is 0.0116. The van der Waals surface area contributed by atoms with E-state index in [0.717, 1.165) is 16.6 Å². The molecule has 0 saturated carbocycles. The van der Waals surface area contributed by atoms with Gasteiger partial charge in [0.2, 0.25) is 5.91 Å². The Bertz CT molecular complexity index is 2120. The highest BCUT2D eigenvalue weighted by Gasteiger charge is 2.42. The highest BCUT2D eigenvalue weighted by atomic mass is 35.5. The van der Waals surface area contributed by atoms with Gasteiger partial charge in [-0.25, -0.2) is 9.37 Å². The third-order valence-corrected chi connectivity index (χ3v) is 9.54. The number of carbonyl (C=O) groups excluding carboxylic acids is 1. The molecule has 5 heterocycles. The van der Waals surface area contributed by atoms with E-state index in [9.17, 15) is 9.59 Å². The molecule has 2 aliphatic rings. The van der Waals surface area contributed by atoms with Crippen LogP contribution in [0.3, 0.4) is 0 Å². The van der Waals surface area contributed by atoms with Crippen molar-refractivity contribution in [2.75, 3.05) is 18.0 Å². The third kappa shape index (κ3) is 4.45. The molecule has 0 spiro atoms. The summed E-state index contributed by atoms with van der Waals surface area (Å²) < 4.78 is 18.1. The maximum absolute atomic E-state index is 16.5. The number of hydrogen-bond donors (Lipinski definition) is 0. The number of nitrogens with zero attached hydrogens (tertiary/aromatic N) is 5. The molecule has 1 amide bonds. The van der Waals surface area contributed by atoms with Crippen LogP contribution in [-0.4, -0.2) is 50.5 Å². The number of halogens is 2. The second kappa shape index (κ2) is 10.8. The lowest BCUT2D eigenvalue weighted by molar-refractivity contribution is -0.128. The predicted molar refractivity (Wildman–Crippen MR) is 178 cm³/mol. The molecule has 9 heteroatoms. The summed E-state index contributed by atoms with van der Waals surface area (Å²) >= 11 is 6.67. The van der Waals surface area contributed by atoms with Crippen molar-refractivity contribution in [1.29, 1.82) is 0 Å². The maximum Gasteiger partial charge on any atom is 0.262 e. The normalized spacial score (nSPS) is 17.7. The largest absolute Gasteiger partial charge is 0.363 e. The number of pyridine rings is 3. The number of aryl methyl sites for hydroxylation is 1. The molecule has 2 aromatic carbocycles. The highest BCUT2D eigenvalue weighted by molar-refractivity contribution is 6.36. The van der Waals surface area contributed by atoms with E-state index in [1.807, 2.05) is 64.1 Å². The van der Waals surface area contributed by atoms with Crippen LogP contribution in [0.15, 0.2) is 72.2 Å². The highest BCUT2D eigenvalue weighted by Crippen LogP contribution is 2.42. The average Bonchev–Trinajstić information content (AvgIpc) is 3.39. The Morgan fingerprint density at radius 1 is 1.13 bits per heavy atom. The fourth-order valence-electron chi connectivity index (χ4n) is 7.15. The summed E-state index contributed by atoms with van der Waals surface area (Å²) in [7, 11) is 0. The summed E-state index contributed by atoms with van der Waals surface area (Å²) in [5.74, 6) is -0.636. The van der Waals surface area contributed by atoms with E-state index in [0.29, 0.717) is 63.5 Å². The van der Waals surface area contributed by atoms with E-state index in [1.165, 1.54) is 12.1 Å². The van der Waals surface area contributed by atoms with Crippen LogP contribution in [0, 0.1) is 12.7 Å². The molecule has 7 nitrogen and oxygen atoms in total. The van der Waals surface area contributed by atoms with Gasteiger partial charge in [-0.2, -0.15) is 0 Å². The number of hydrogen-bond acceptors (Lipinski definition) is 5. The number of rotatable bonds is 4. The molecule has 228 valence electrons. The van der Waals surface area contributed by atoms with Gasteiger partial charge in [0.1, 0.15) is 17.2 Å². The van der Waals surface area contributed by atoms with Crippen molar-refractivity contribution >= 4 is 45.0 Å². The van der Waals surface area contributed by atoms with Crippen molar-refractivity contribution < 1.29 is 9.18 Å². The molecule has 0 aliphatic carbocycles. The van der Waals surface area contributed by atoms with Crippen LogP contribution in [0.5, 0.6) is 0 Å². The lowest BCUT2D eigenvalue weighted by atomic mass is 10.00. The quantitative estimate of drug-likeness (QED) is 0.203. The fraction of sp³-hybridized carbons (Fsp3) is 0.278. The van der Waals surface area contributed by atoms with Crippen molar-refractivity contribution in [2.45, 2.75) is 52.1 Å². The van der Waals surface area contributed by atoms with Gasteiger partial charge in [-0.3, -0.25) is 19.1 Å². The summed E-state index contributed by atoms with van der Waals surface area (Å²) in [6.45, 7) is 12.6. The summed E-state index contributed by atoms with van der Waals surface area (Å²) in [5.41, 5.74) is 4.38. The van der Waals surface area contributed by atoms with E-state index in [-0.39, 0.29) is 35.2 Å². The zero-order valence-electron chi connectivity index (χ0n) is 25.6. The summed E-state index contributed by atoms with van der Waals surface area (Å²) in [6.07, 6.45) is 3.50. The minimum Gasteiger partial charge on any atom is -0.363 e. The molecule has 2 atom stereocenters. The third-order valence-electron chi connectivity index (χ3n) is 9.23. The molecule has 1 saturated heterocycles. The van der Waals surface area contributed by atoms with Crippen LogP contribution in [0.1, 0.15) is 43.5 Å². The number of fused-ring (bicyclic) bond motifs is 6. The van der Waals surface area contributed by atoms with Crippen LogP contribution in [-0.2, 0) is 11.2 Å². The predicted octanol–water partition coefficient (Wildman–Crippen LogP) is 6.97. The number of benzene rings is 2. The smallest absolute Gasteiger partial charge is 0.262 e. The molecule has 7 rings (SSSR count). The molecule has 0 radical (unpaired) electrons. The Labute approximate surface area is 265 Å². The van der Waals surface area contributed by atoms with Crippen LogP contribution in [0.2, 0.25) is 5.02 Å². The van der Waals surface area contributed by atoms with E-state index in [2.05, 4.69) is 16.5 Å². The Morgan fingerprint density at radius 2 is 1.89 bits per heavy atom. The molecule has 2 unspecified atom stereocenters. The SMILES string of the molecule is C=CC(=O)N1CC2Cc3c(c4cc(F)c(-c5cccc6cccc(Cl)c56)nc4n(-c4c(C)ccnc4C(C)C)c3=O)N2CC1C. The molecular formula is C36H33ClFN5O2. The van der Waals surface area contributed by atoms with E-state index in [1.54, 1.807) is 21.7 Å². The topological polar surface area (TPSA) is 71.3 Å². The van der Waals surface area contributed by atoms with Crippen LogP contribution >= 0.6 is 11.6 Å². The maximum atomic E-state index is 16.5. The lowest BCUT2D eigenvalue weighted by Crippen LogP contribution is -2.57. The van der Waals surface area contributed by atoms with Gasteiger partial charge in [0, 0.05) is 58.7 Å². The van der Waals surface area contributed by atoms with Gasteiger partial charge in [-0.05, 0) is 55.0 Å². The fourth-order valence-corrected chi connectivity index (χ4v) is 7.43. The number of amides is 1. The first kappa shape index (κ1) is 29.2. The standard InChI is InChI=1S/C36H33ClFN5O2/c1-6-29(44)41-18-23-15-26-34(42(23)17-21(41)5)25-16-28(38)32(24-11-7-9-22-10-8-12-27(37)30(22)24)40-35(25)43(36(26)45)33-20(4)13-14-39-31(33)19(2)3/h6-14,16,19,21,23H,1,15,17-18H2,2-5H3. The van der Waals surface area contributed by atoms with Gasteiger partial charge in [-0.15, -0.1) is 0 Å². The van der Waals surface area contributed by atoms with Gasteiger partial charge in [0.05, 0.1) is 23.1 Å². The van der Waals surface area contributed by atoms with Crippen LogP contribution in [0.4, 0.5) is 10.1 Å². The monoisotopic (exact) mass is 621 g/mol. The molecule has 45 heavy (non-hydrogen) atoms. The van der Waals surface area contributed by atoms with Crippen LogP contribution < -0.4 is 10.5 Å². The van der Waals surface area contributed by atoms with Gasteiger partial charge in [0.25, 0.3) is 5.56 Å². The Balaban J connectivity index is 1.57. The zero-order chi connectivity index (χ0) is 31.7. The van der Waals surface area contributed by atoms with E-state index in [4.69, 9.17) is 16.6 Å². The number of piperazine rings is 1. The van der Waals surface area contributed by atoms with Crippen molar-refractivity contribution in [1.82, 2.24) is 19.4 Å². The van der Waals surface area contributed by atoms with Crippen molar-refractivity contribution in [3.8, 4) is 16.9 Å². The minimum atomic E-state index is -0.508. The summed E-state index contributed by atoms with van der Waals surface area (Å²) in [4.78, 5) is 41.1. The Hall–Kier alpha value is -4.56. The van der Waals surface area contributed by atoms with Crippen molar-refractivity contribution in [3.05, 3.63) is 105 Å². The second-order valence-corrected chi connectivity index (χ2v) is 12.8. The molecular weight excluding hydrogens is 589 g/mol. The van der Waals surface area contributed by atoms with Gasteiger partial charge in [0.15, 0.2) is 0 Å². The van der Waals surface area contributed by atoms with Crippen LogP contribution in [0.25, 0.3) is 38.8 Å². The molecule has 0 bridgehead atoms.